The average Bonchev–Trinajstić information content (AvgIpc) is 2.35. The van der Waals surface area contributed by atoms with Crippen LogP contribution in [-0.4, -0.2) is 26.2 Å². The number of amides is 1. The Morgan fingerprint density at radius 2 is 2.21 bits per heavy atom. The van der Waals surface area contributed by atoms with Crippen molar-refractivity contribution >= 4 is 5.91 Å². The predicted molar refractivity (Wildman–Crippen MR) is 71.6 cm³/mol. The molecule has 0 unspecified atom stereocenters. The van der Waals surface area contributed by atoms with Gasteiger partial charge in [-0.05, 0) is 37.5 Å². The molecular formula is C15H20FNO2. The Labute approximate surface area is 113 Å². The van der Waals surface area contributed by atoms with E-state index in [4.69, 9.17) is 4.74 Å². The van der Waals surface area contributed by atoms with Crippen molar-refractivity contribution in [3.63, 3.8) is 0 Å². The van der Waals surface area contributed by atoms with Gasteiger partial charge in [0.05, 0.1) is 6.61 Å². The Morgan fingerprint density at radius 1 is 1.47 bits per heavy atom. The molecule has 0 bridgehead atoms. The summed E-state index contributed by atoms with van der Waals surface area (Å²) in [6.45, 7) is 2.88. The van der Waals surface area contributed by atoms with Crippen molar-refractivity contribution in [2.45, 2.75) is 26.2 Å². The minimum absolute atomic E-state index is 0.0750. The van der Waals surface area contributed by atoms with Crippen LogP contribution in [0.3, 0.4) is 0 Å². The Balaban J connectivity index is 1.99. The van der Waals surface area contributed by atoms with Gasteiger partial charge in [-0.15, -0.1) is 0 Å². The summed E-state index contributed by atoms with van der Waals surface area (Å²) in [5, 5.41) is 2.91. The zero-order valence-electron chi connectivity index (χ0n) is 11.5. The van der Waals surface area contributed by atoms with Gasteiger partial charge in [-0.1, -0.05) is 12.5 Å². The molecule has 0 spiro atoms. The fourth-order valence-electron chi connectivity index (χ4n) is 2.57. The number of nitrogens with one attached hydrogen (secondary N) is 1. The molecule has 1 aromatic rings. The van der Waals surface area contributed by atoms with Crippen LogP contribution >= 0.6 is 0 Å². The number of halogens is 1. The van der Waals surface area contributed by atoms with Gasteiger partial charge in [-0.2, -0.15) is 0 Å². The highest BCUT2D eigenvalue weighted by molar-refractivity contribution is 5.95. The van der Waals surface area contributed by atoms with Gasteiger partial charge in [-0.25, -0.2) is 4.39 Å². The summed E-state index contributed by atoms with van der Waals surface area (Å²) < 4.78 is 18.6. The molecule has 1 aliphatic rings. The number of rotatable bonds is 5. The second kappa shape index (κ2) is 5.70. The maximum Gasteiger partial charge on any atom is 0.251 e. The van der Waals surface area contributed by atoms with Crippen molar-refractivity contribution in [2.75, 3.05) is 20.3 Å². The normalized spacial score (nSPS) is 16.8. The van der Waals surface area contributed by atoms with E-state index >= 15 is 0 Å². The molecule has 1 aromatic carbocycles. The summed E-state index contributed by atoms with van der Waals surface area (Å²) in [7, 11) is 1.68. The molecule has 1 saturated carbocycles. The van der Waals surface area contributed by atoms with E-state index in [0.29, 0.717) is 24.3 Å². The summed E-state index contributed by atoms with van der Waals surface area (Å²) in [6.07, 6.45) is 3.32. The van der Waals surface area contributed by atoms with Crippen LogP contribution in [-0.2, 0) is 4.74 Å². The lowest BCUT2D eigenvalue weighted by atomic mass is 9.69. The van der Waals surface area contributed by atoms with E-state index in [9.17, 15) is 9.18 Å². The van der Waals surface area contributed by atoms with Crippen LogP contribution in [0.5, 0.6) is 0 Å². The quantitative estimate of drug-likeness (QED) is 0.889. The lowest BCUT2D eigenvalue weighted by Crippen LogP contribution is -2.45. The van der Waals surface area contributed by atoms with E-state index in [2.05, 4.69) is 5.32 Å². The summed E-state index contributed by atoms with van der Waals surface area (Å²) in [4.78, 5) is 12.1. The molecule has 104 valence electrons. The van der Waals surface area contributed by atoms with Crippen LogP contribution in [0.25, 0.3) is 0 Å². The van der Waals surface area contributed by atoms with Gasteiger partial charge in [0, 0.05) is 24.6 Å². The van der Waals surface area contributed by atoms with Crippen LogP contribution in [0.1, 0.15) is 35.2 Å². The summed E-state index contributed by atoms with van der Waals surface area (Å²) in [5.74, 6) is -0.553. The fraction of sp³-hybridized carbons (Fsp3) is 0.533. The fourth-order valence-corrected chi connectivity index (χ4v) is 2.57. The molecule has 3 nitrogen and oxygen atoms in total. The number of benzene rings is 1. The molecule has 2 rings (SSSR count). The van der Waals surface area contributed by atoms with Crippen molar-refractivity contribution in [3.8, 4) is 0 Å². The highest BCUT2D eigenvalue weighted by Gasteiger charge is 2.37. The summed E-state index contributed by atoms with van der Waals surface area (Å²) in [5.41, 5.74) is 0.882. The van der Waals surface area contributed by atoms with Gasteiger partial charge in [0.25, 0.3) is 5.91 Å². The van der Waals surface area contributed by atoms with Gasteiger partial charge in [0.15, 0.2) is 0 Å². The number of ether oxygens (including phenoxy) is 1. The smallest absolute Gasteiger partial charge is 0.251 e. The van der Waals surface area contributed by atoms with E-state index in [1.165, 1.54) is 12.5 Å². The highest BCUT2D eigenvalue weighted by Crippen LogP contribution is 2.40. The number of hydrogen-bond acceptors (Lipinski definition) is 2. The van der Waals surface area contributed by atoms with Gasteiger partial charge in [0.1, 0.15) is 5.82 Å². The summed E-state index contributed by atoms with van der Waals surface area (Å²) in [6, 6.07) is 4.58. The molecule has 1 aliphatic carbocycles. The SMILES string of the molecule is COCC1(CNC(=O)c2cccc(F)c2C)CCC1. The predicted octanol–water partition coefficient (Wildman–Crippen LogP) is 2.68. The Bertz CT molecular complexity index is 469. The standard InChI is InChI=1S/C15H20FNO2/c1-11-12(5-3-6-13(11)16)14(18)17-9-15(10-19-2)7-4-8-15/h3,5-6H,4,7-10H2,1-2H3,(H,17,18). The molecule has 0 atom stereocenters. The van der Waals surface area contributed by atoms with Crippen molar-refractivity contribution in [2.24, 2.45) is 5.41 Å². The number of hydrogen-bond donors (Lipinski definition) is 1. The first-order chi connectivity index (χ1) is 9.08. The van der Waals surface area contributed by atoms with E-state index in [-0.39, 0.29) is 17.1 Å². The largest absolute Gasteiger partial charge is 0.384 e. The van der Waals surface area contributed by atoms with Gasteiger partial charge >= 0.3 is 0 Å². The third-order valence-corrected chi connectivity index (χ3v) is 4.00. The van der Waals surface area contributed by atoms with Crippen molar-refractivity contribution in [1.29, 1.82) is 0 Å². The van der Waals surface area contributed by atoms with Crippen LogP contribution in [0.2, 0.25) is 0 Å². The number of methoxy groups -OCH3 is 1. The first-order valence-electron chi connectivity index (χ1n) is 6.60. The molecule has 4 heteroatoms. The molecule has 0 saturated heterocycles. The number of carbonyl (C=O) groups is 1. The molecular weight excluding hydrogens is 245 g/mol. The van der Waals surface area contributed by atoms with Gasteiger partial charge < -0.3 is 10.1 Å². The lowest BCUT2D eigenvalue weighted by Gasteiger charge is -2.41. The molecule has 0 aromatic heterocycles. The first kappa shape index (κ1) is 14.0. The van der Waals surface area contributed by atoms with Crippen LogP contribution in [0.15, 0.2) is 18.2 Å². The molecule has 0 radical (unpaired) electrons. The zero-order chi connectivity index (χ0) is 13.9. The maximum absolute atomic E-state index is 13.4. The Kier molecular flexibility index (Phi) is 4.20. The first-order valence-corrected chi connectivity index (χ1v) is 6.60. The molecule has 1 N–H and O–H groups in total. The summed E-state index contributed by atoms with van der Waals surface area (Å²) >= 11 is 0. The van der Waals surface area contributed by atoms with Gasteiger partial charge in [0.2, 0.25) is 0 Å². The van der Waals surface area contributed by atoms with Crippen molar-refractivity contribution in [1.82, 2.24) is 5.32 Å². The average molecular weight is 265 g/mol. The minimum Gasteiger partial charge on any atom is -0.384 e. The molecule has 1 amide bonds. The Morgan fingerprint density at radius 3 is 2.79 bits per heavy atom. The lowest BCUT2D eigenvalue weighted by molar-refractivity contribution is 0.0180. The second-order valence-electron chi connectivity index (χ2n) is 5.38. The maximum atomic E-state index is 13.4. The van der Waals surface area contributed by atoms with Crippen molar-refractivity contribution in [3.05, 3.63) is 35.1 Å². The minimum atomic E-state index is -0.345. The zero-order valence-corrected chi connectivity index (χ0v) is 11.5. The van der Waals surface area contributed by atoms with E-state index in [1.807, 2.05) is 0 Å². The van der Waals surface area contributed by atoms with Crippen LogP contribution in [0.4, 0.5) is 4.39 Å². The molecule has 0 aliphatic heterocycles. The second-order valence-corrected chi connectivity index (χ2v) is 5.38. The number of carbonyl (C=O) groups excluding carboxylic acids is 1. The van der Waals surface area contributed by atoms with Gasteiger partial charge in [-0.3, -0.25) is 4.79 Å². The van der Waals surface area contributed by atoms with E-state index < -0.39 is 0 Å². The monoisotopic (exact) mass is 265 g/mol. The van der Waals surface area contributed by atoms with Crippen LogP contribution < -0.4 is 5.32 Å². The molecule has 19 heavy (non-hydrogen) atoms. The third kappa shape index (κ3) is 2.95. The topological polar surface area (TPSA) is 38.3 Å². The third-order valence-electron chi connectivity index (χ3n) is 4.00. The van der Waals surface area contributed by atoms with Crippen LogP contribution in [0, 0.1) is 18.2 Å². The Hall–Kier alpha value is -1.42. The van der Waals surface area contributed by atoms with Crippen molar-refractivity contribution < 1.29 is 13.9 Å². The van der Waals surface area contributed by atoms with E-state index in [1.54, 1.807) is 26.2 Å². The molecule has 1 fully saturated rings. The van der Waals surface area contributed by atoms with E-state index in [0.717, 1.165) is 12.8 Å². The highest BCUT2D eigenvalue weighted by atomic mass is 19.1. The molecule has 0 heterocycles.